The summed E-state index contributed by atoms with van der Waals surface area (Å²) in [5.41, 5.74) is 3.62. The summed E-state index contributed by atoms with van der Waals surface area (Å²) in [7, 11) is 1.54. The van der Waals surface area contributed by atoms with Crippen molar-refractivity contribution in [3.8, 4) is 28.5 Å². The SMILES string of the molecule is C=C(C)C1CC(O)C(C)=CC1c1c(O)cc(-c2ccc(OC)nc2)cc1O. The molecule has 3 rings (SSSR count). The molecule has 3 unspecified atom stereocenters. The van der Waals surface area contributed by atoms with Crippen molar-refractivity contribution in [3.05, 3.63) is 59.8 Å². The first-order chi connectivity index (χ1) is 12.8. The predicted octanol–water partition coefficient (Wildman–Crippen LogP) is 4.16. The van der Waals surface area contributed by atoms with Gasteiger partial charge < -0.3 is 20.1 Å². The molecule has 1 heterocycles. The van der Waals surface area contributed by atoms with Crippen LogP contribution in [-0.4, -0.2) is 33.5 Å². The van der Waals surface area contributed by atoms with E-state index in [1.165, 1.54) is 0 Å². The van der Waals surface area contributed by atoms with E-state index >= 15 is 0 Å². The lowest BCUT2D eigenvalue weighted by molar-refractivity contribution is 0.168. The molecule has 0 saturated carbocycles. The van der Waals surface area contributed by atoms with Crippen LogP contribution in [0.25, 0.3) is 11.1 Å². The molecule has 0 spiro atoms. The smallest absolute Gasteiger partial charge is 0.212 e. The highest BCUT2D eigenvalue weighted by Crippen LogP contribution is 2.47. The summed E-state index contributed by atoms with van der Waals surface area (Å²) in [5, 5.41) is 31.6. The molecule has 3 N–H and O–H groups in total. The minimum absolute atomic E-state index is 0.0116. The van der Waals surface area contributed by atoms with Crippen LogP contribution in [0.1, 0.15) is 31.7 Å². The van der Waals surface area contributed by atoms with Gasteiger partial charge in [0, 0.05) is 29.3 Å². The number of aliphatic hydroxyl groups is 1. The Morgan fingerprint density at radius 3 is 2.37 bits per heavy atom. The van der Waals surface area contributed by atoms with E-state index in [1.807, 2.05) is 26.0 Å². The standard InChI is InChI=1S/C22H25NO4/c1-12(2)16-10-18(24)13(3)7-17(16)22-19(25)8-15(9-20(22)26)14-5-6-21(27-4)23-11-14/h5-9,11,16-18,24-26H,1,10H2,2-4H3. The molecular formula is C22H25NO4. The second-order valence-electron chi connectivity index (χ2n) is 7.16. The third kappa shape index (κ3) is 3.69. The Labute approximate surface area is 159 Å². The van der Waals surface area contributed by atoms with Crippen LogP contribution in [0, 0.1) is 5.92 Å². The lowest BCUT2D eigenvalue weighted by Gasteiger charge is -2.34. The maximum atomic E-state index is 10.7. The molecular weight excluding hydrogens is 342 g/mol. The Hall–Kier alpha value is -2.79. The summed E-state index contributed by atoms with van der Waals surface area (Å²) in [6, 6.07) is 6.80. The highest BCUT2D eigenvalue weighted by Gasteiger charge is 2.33. The number of allylic oxidation sites excluding steroid dienone is 2. The molecule has 0 radical (unpaired) electrons. The monoisotopic (exact) mass is 367 g/mol. The van der Waals surface area contributed by atoms with Crippen molar-refractivity contribution in [3.63, 3.8) is 0 Å². The van der Waals surface area contributed by atoms with Crippen LogP contribution in [-0.2, 0) is 0 Å². The summed E-state index contributed by atoms with van der Waals surface area (Å²) in [5.74, 6) is 0.215. The van der Waals surface area contributed by atoms with Gasteiger partial charge in [-0.1, -0.05) is 18.2 Å². The number of benzene rings is 1. The van der Waals surface area contributed by atoms with E-state index in [2.05, 4.69) is 11.6 Å². The van der Waals surface area contributed by atoms with Crippen molar-refractivity contribution in [1.29, 1.82) is 0 Å². The summed E-state index contributed by atoms with van der Waals surface area (Å²) >= 11 is 0. The molecule has 1 aromatic carbocycles. The quantitative estimate of drug-likeness (QED) is 0.707. The van der Waals surface area contributed by atoms with Gasteiger partial charge in [-0.25, -0.2) is 4.98 Å². The number of nitrogens with zero attached hydrogens (tertiary/aromatic N) is 1. The van der Waals surface area contributed by atoms with Crippen molar-refractivity contribution in [1.82, 2.24) is 4.98 Å². The van der Waals surface area contributed by atoms with Gasteiger partial charge in [0.2, 0.25) is 5.88 Å². The van der Waals surface area contributed by atoms with Crippen LogP contribution in [0.15, 0.2) is 54.3 Å². The Morgan fingerprint density at radius 1 is 1.19 bits per heavy atom. The molecule has 0 saturated heterocycles. The number of hydrogen-bond donors (Lipinski definition) is 3. The van der Waals surface area contributed by atoms with Crippen LogP contribution < -0.4 is 4.74 Å². The molecule has 142 valence electrons. The number of aromatic hydroxyl groups is 2. The first-order valence-corrected chi connectivity index (χ1v) is 8.90. The van der Waals surface area contributed by atoms with Gasteiger partial charge in [-0.3, -0.25) is 0 Å². The Balaban J connectivity index is 2.05. The van der Waals surface area contributed by atoms with Gasteiger partial charge in [-0.2, -0.15) is 0 Å². The van der Waals surface area contributed by atoms with E-state index in [4.69, 9.17) is 4.74 Å². The first-order valence-electron chi connectivity index (χ1n) is 8.90. The van der Waals surface area contributed by atoms with Crippen molar-refractivity contribution < 1.29 is 20.1 Å². The number of rotatable bonds is 4. The molecule has 1 aliphatic rings. The number of phenolic OH excluding ortho intramolecular Hbond substituents is 2. The molecule has 3 atom stereocenters. The van der Waals surface area contributed by atoms with E-state index in [9.17, 15) is 15.3 Å². The largest absolute Gasteiger partial charge is 0.507 e. The number of methoxy groups -OCH3 is 1. The Morgan fingerprint density at radius 2 is 1.85 bits per heavy atom. The summed E-state index contributed by atoms with van der Waals surface area (Å²) in [6.45, 7) is 7.80. The number of aromatic nitrogens is 1. The molecule has 0 bridgehead atoms. The van der Waals surface area contributed by atoms with Gasteiger partial charge in [-0.15, -0.1) is 0 Å². The van der Waals surface area contributed by atoms with Crippen LogP contribution in [0.5, 0.6) is 17.4 Å². The molecule has 2 aromatic rings. The van der Waals surface area contributed by atoms with Gasteiger partial charge in [0.15, 0.2) is 0 Å². The molecule has 27 heavy (non-hydrogen) atoms. The Kier molecular flexibility index (Phi) is 5.24. The molecule has 5 nitrogen and oxygen atoms in total. The second-order valence-corrected chi connectivity index (χ2v) is 7.16. The van der Waals surface area contributed by atoms with Crippen molar-refractivity contribution >= 4 is 0 Å². The number of hydrogen-bond acceptors (Lipinski definition) is 5. The third-order valence-electron chi connectivity index (χ3n) is 5.26. The van der Waals surface area contributed by atoms with Gasteiger partial charge in [0.05, 0.1) is 13.2 Å². The average Bonchev–Trinajstić information content (AvgIpc) is 2.63. The minimum atomic E-state index is -0.531. The molecule has 1 aromatic heterocycles. The lowest BCUT2D eigenvalue weighted by Crippen LogP contribution is -2.26. The van der Waals surface area contributed by atoms with Gasteiger partial charge in [0.25, 0.3) is 0 Å². The number of phenols is 2. The number of ether oxygens (including phenoxy) is 1. The van der Waals surface area contributed by atoms with E-state index in [-0.39, 0.29) is 23.3 Å². The average molecular weight is 367 g/mol. The van der Waals surface area contributed by atoms with Crippen molar-refractivity contribution in [2.75, 3.05) is 7.11 Å². The number of pyridine rings is 1. The summed E-state index contributed by atoms with van der Waals surface area (Å²) in [4.78, 5) is 4.16. The minimum Gasteiger partial charge on any atom is -0.507 e. The zero-order valence-electron chi connectivity index (χ0n) is 15.8. The zero-order valence-corrected chi connectivity index (χ0v) is 15.8. The fourth-order valence-corrected chi connectivity index (χ4v) is 3.68. The molecule has 0 amide bonds. The maximum absolute atomic E-state index is 10.7. The van der Waals surface area contributed by atoms with E-state index in [0.29, 0.717) is 23.4 Å². The number of aliphatic hydroxyl groups excluding tert-OH is 1. The molecule has 0 fully saturated rings. The van der Waals surface area contributed by atoms with Gasteiger partial charge in [-0.05, 0) is 55.5 Å². The van der Waals surface area contributed by atoms with E-state index in [1.54, 1.807) is 31.5 Å². The second kappa shape index (κ2) is 7.45. The van der Waals surface area contributed by atoms with Crippen molar-refractivity contribution in [2.24, 2.45) is 5.92 Å². The normalized spacial score (nSPS) is 22.2. The van der Waals surface area contributed by atoms with Crippen LogP contribution in [0.2, 0.25) is 0 Å². The fraction of sp³-hybridized carbons (Fsp3) is 0.318. The summed E-state index contributed by atoms with van der Waals surface area (Å²) in [6.07, 6.45) is 3.53. The molecule has 0 aliphatic heterocycles. The topological polar surface area (TPSA) is 82.8 Å². The predicted molar refractivity (Wildman–Crippen MR) is 105 cm³/mol. The molecule has 5 heteroatoms. The van der Waals surface area contributed by atoms with E-state index in [0.717, 1.165) is 16.7 Å². The lowest BCUT2D eigenvalue weighted by atomic mass is 9.72. The molecule has 1 aliphatic carbocycles. The van der Waals surface area contributed by atoms with E-state index < -0.39 is 6.10 Å². The van der Waals surface area contributed by atoms with Crippen LogP contribution in [0.3, 0.4) is 0 Å². The first kappa shape index (κ1) is 19.0. The highest BCUT2D eigenvalue weighted by atomic mass is 16.5. The van der Waals surface area contributed by atoms with Crippen LogP contribution in [0.4, 0.5) is 0 Å². The van der Waals surface area contributed by atoms with Crippen LogP contribution >= 0.6 is 0 Å². The summed E-state index contributed by atoms with van der Waals surface area (Å²) < 4.78 is 5.06. The van der Waals surface area contributed by atoms with Crippen molar-refractivity contribution in [2.45, 2.75) is 32.3 Å². The zero-order chi connectivity index (χ0) is 19.7. The fourth-order valence-electron chi connectivity index (χ4n) is 3.68. The highest BCUT2D eigenvalue weighted by molar-refractivity contribution is 5.69. The Bertz CT molecular complexity index is 863. The third-order valence-corrected chi connectivity index (χ3v) is 5.26. The van der Waals surface area contributed by atoms with Gasteiger partial charge >= 0.3 is 0 Å². The maximum Gasteiger partial charge on any atom is 0.212 e. The van der Waals surface area contributed by atoms with Gasteiger partial charge in [0.1, 0.15) is 11.5 Å².